The first-order valence-corrected chi connectivity index (χ1v) is 9.97. The first-order valence-electron chi connectivity index (χ1n) is 9.97. The summed E-state index contributed by atoms with van der Waals surface area (Å²) in [5.74, 6) is 0.0576. The van der Waals surface area contributed by atoms with E-state index in [9.17, 15) is 9.59 Å². The Morgan fingerprint density at radius 3 is 2.58 bits per heavy atom. The predicted octanol–water partition coefficient (Wildman–Crippen LogP) is 3.11. The number of Topliss-reactive ketones (excluding diaryl/α,β-unsaturated/α-hetero) is 1. The highest BCUT2D eigenvalue weighted by Crippen LogP contribution is 2.42. The maximum absolute atomic E-state index is 13.0. The van der Waals surface area contributed by atoms with Crippen LogP contribution in [0.4, 0.5) is 0 Å². The third-order valence-electron chi connectivity index (χ3n) is 5.95. The lowest BCUT2D eigenvalue weighted by molar-refractivity contribution is -0.120. The Balaban J connectivity index is 2.03. The van der Waals surface area contributed by atoms with Crippen molar-refractivity contribution in [3.05, 3.63) is 22.5 Å². The van der Waals surface area contributed by atoms with E-state index < -0.39 is 0 Å². The second-order valence-electron chi connectivity index (χ2n) is 8.74. The van der Waals surface area contributed by atoms with Crippen molar-refractivity contribution < 1.29 is 14.7 Å². The molecule has 0 atom stereocenters. The standard InChI is InChI=1S/C21H32N2O3/c1-14-16(11-19(26)22-9-10-24)20-17(12-21(2,3)13-18(20)25)23(14)15-7-5-4-6-8-15/h15,24H,4-13H2,1-3H3,(H,22,26). The lowest BCUT2D eigenvalue weighted by atomic mass is 9.75. The van der Waals surface area contributed by atoms with Gasteiger partial charge in [-0.1, -0.05) is 33.1 Å². The maximum Gasteiger partial charge on any atom is 0.224 e. The van der Waals surface area contributed by atoms with Gasteiger partial charge in [0.25, 0.3) is 0 Å². The molecular formula is C21H32N2O3. The molecule has 26 heavy (non-hydrogen) atoms. The first kappa shape index (κ1) is 19.2. The molecule has 1 aromatic rings. The molecule has 0 spiro atoms. The molecule has 1 fully saturated rings. The van der Waals surface area contributed by atoms with Gasteiger partial charge in [0.1, 0.15) is 0 Å². The van der Waals surface area contributed by atoms with E-state index in [1.54, 1.807) is 0 Å². The fourth-order valence-electron chi connectivity index (χ4n) is 4.83. The van der Waals surface area contributed by atoms with Gasteiger partial charge in [0.05, 0.1) is 13.0 Å². The molecule has 0 saturated heterocycles. The number of fused-ring (bicyclic) bond motifs is 1. The molecule has 0 radical (unpaired) electrons. The smallest absolute Gasteiger partial charge is 0.224 e. The Hall–Kier alpha value is -1.62. The summed E-state index contributed by atoms with van der Waals surface area (Å²) in [5, 5.41) is 11.7. The number of rotatable bonds is 5. The molecule has 5 heteroatoms. The largest absolute Gasteiger partial charge is 0.395 e. The van der Waals surface area contributed by atoms with Gasteiger partial charge >= 0.3 is 0 Å². The van der Waals surface area contributed by atoms with Crippen molar-refractivity contribution in [3.63, 3.8) is 0 Å². The molecule has 2 aliphatic carbocycles. The molecule has 1 saturated carbocycles. The van der Waals surface area contributed by atoms with Crippen LogP contribution >= 0.6 is 0 Å². The second-order valence-corrected chi connectivity index (χ2v) is 8.74. The van der Waals surface area contributed by atoms with E-state index in [0.717, 1.165) is 41.8 Å². The summed E-state index contributed by atoms with van der Waals surface area (Å²) in [6, 6.07) is 0.452. The normalized spacial score (nSPS) is 20.1. The number of aliphatic hydroxyl groups excluding tert-OH is 1. The van der Waals surface area contributed by atoms with Crippen molar-refractivity contribution in [2.75, 3.05) is 13.2 Å². The fraction of sp³-hybridized carbons (Fsp3) is 0.714. The third-order valence-corrected chi connectivity index (χ3v) is 5.95. The van der Waals surface area contributed by atoms with Crippen LogP contribution in [0.25, 0.3) is 0 Å². The van der Waals surface area contributed by atoms with Gasteiger partial charge in [-0.2, -0.15) is 0 Å². The number of hydrogen-bond acceptors (Lipinski definition) is 3. The van der Waals surface area contributed by atoms with E-state index in [1.165, 1.54) is 19.3 Å². The van der Waals surface area contributed by atoms with Crippen LogP contribution in [0.3, 0.4) is 0 Å². The quantitative estimate of drug-likeness (QED) is 0.847. The van der Waals surface area contributed by atoms with Crippen molar-refractivity contribution in [1.82, 2.24) is 9.88 Å². The fourth-order valence-corrected chi connectivity index (χ4v) is 4.83. The molecule has 1 amide bonds. The second kappa shape index (κ2) is 7.55. The minimum atomic E-state index is -0.122. The Bertz CT molecular complexity index is 697. The molecule has 1 heterocycles. The van der Waals surface area contributed by atoms with Crippen molar-refractivity contribution in [2.24, 2.45) is 5.41 Å². The summed E-state index contributed by atoms with van der Waals surface area (Å²) in [6.45, 7) is 6.58. The van der Waals surface area contributed by atoms with Crippen molar-refractivity contribution in [3.8, 4) is 0 Å². The van der Waals surface area contributed by atoms with E-state index >= 15 is 0 Å². The zero-order valence-electron chi connectivity index (χ0n) is 16.4. The molecule has 3 rings (SSSR count). The number of carbonyl (C=O) groups is 2. The predicted molar refractivity (Wildman–Crippen MR) is 102 cm³/mol. The number of nitrogens with zero attached hydrogens (tertiary/aromatic N) is 1. The molecule has 2 N–H and O–H groups in total. The van der Waals surface area contributed by atoms with Crippen molar-refractivity contribution >= 4 is 11.7 Å². The minimum absolute atomic E-state index is 0.0300. The molecule has 1 aromatic heterocycles. The number of aliphatic hydroxyl groups is 1. The summed E-state index contributed by atoms with van der Waals surface area (Å²) in [4.78, 5) is 25.3. The van der Waals surface area contributed by atoms with E-state index in [1.807, 2.05) is 0 Å². The van der Waals surface area contributed by atoms with E-state index in [4.69, 9.17) is 5.11 Å². The number of ketones is 1. The Labute approximate surface area is 156 Å². The summed E-state index contributed by atoms with van der Waals surface area (Å²) in [7, 11) is 0. The molecule has 0 bridgehead atoms. The zero-order chi connectivity index (χ0) is 18.9. The lowest BCUT2D eigenvalue weighted by Gasteiger charge is -2.33. The Kier molecular flexibility index (Phi) is 5.56. The molecule has 144 valence electrons. The molecule has 0 aliphatic heterocycles. The molecule has 0 aromatic carbocycles. The molecule has 5 nitrogen and oxygen atoms in total. The number of aromatic nitrogens is 1. The van der Waals surface area contributed by atoms with Gasteiger partial charge in [-0.25, -0.2) is 0 Å². The van der Waals surface area contributed by atoms with Crippen LogP contribution in [-0.4, -0.2) is 34.5 Å². The van der Waals surface area contributed by atoms with Crippen LogP contribution < -0.4 is 5.32 Å². The van der Waals surface area contributed by atoms with Gasteiger partial charge in [0, 0.05) is 36.0 Å². The highest BCUT2D eigenvalue weighted by molar-refractivity contribution is 6.01. The Morgan fingerprint density at radius 1 is 1.23 bits per heavy atom. The van der Waals surface area contributed by atoms with Gasteiger partial charge in [-0.05, 0) is 37.2 Å². The third kappa shape index (κ3) is 3.73. The summed E-state index contributed by atoms with van der Waals surface area (Å²) >= 11 is 0. The van der Waals surface area contributed by atoms with E-state index in [0.29, 0.717) is 12.5 Å². The number of carbonyl (C=O) groups excluding carboxylic acids is 2. The van der Waals surface area contributed by atoms with Gasteiger partial charge in [0.2, 0.25) is 5.91 Å². The average Bonchev–Trinajstić information content (AvgIpc) is 2.84. The van der Waals surface area contributed by atoms with Crippen LogP contribution in [-0.2, 0) is 17.6 Å². The number of hydrogen-bond donors (Lipinski definition) is 2. The highest BCUT2D eigenvalue weighted by atomic mass is 16.3. The van der Waals surface area contributed by atoms with Gasteiger partial charge in [0.15, 0.2) is 5.78 Å². The number of nitrogens with one attached hydrogen (secondary N) is 1. The SMILES string of the molecule is Cc1c(CC(=O)NCCO)c2c(n1C1CCCCC1)CC(C)(C)CC2=O. The average molecular weight is 360 g/mol. The Morgan fingerprint density at radius 2 is 1.92 bits per heavy atom. The first-order chi connectivity index (χ1) is 12.3. The van der Waals surface area contributed by atoms with Gasteiger partial charge < -0.3 is 15.0 Å². The van der Waals surface area contributed by atoms with E-state index in [2.05, 4.69) is 30.7 Å². The highest BCUT2D eigenvalue weighted by Gasteiger charge is 2.38. The molecule has 0 unspecified atom stereocenters. The molecular weight excluding hydrogens is 328 g/mol. The van der Waals surface area contributed by atoms with Crippen LogP contribution in [0.2, 0.25) is 0 Å². The zero-order valence-corrected chi connectivity index (χ0v) is 16.4. The van der Waals surface area contributed by atoms with Crippen LogP contribution in [0.15, 0.2) is 0 Å². The maximum atomic E-state index is 13.0. The van der Waals surface area contributed by atoms with Crippen LogP contribution in [0, 0.1) is 12.3 Å². The summed E-state index contributed by atoms with van der Waals surface area (Å²) in [5.41, 5.74) is 3.93. The minimum Gasteiger partial charge on any atom is -0.395 e. The molecule has 2 aliphatic rings. The van der Waals surface area contributed by atoms with E-state index in [-0.39, 0.29) is 36.7 Å². The lowest BCUT2D eigenvalue weighted by Crippen LogP contribution is -2.30. The monoisotopic (exact) mass is 360 g/mol. The summed E-state index contributed by atoms with van der Waals surface area (Å²) < 4.78 is 2.40. The van der Waals surface area contributed by atoms with Crippen LogP contribution in [0.1, 0.15) is 85.7 Å². The van der Waals surface area contributed by atoms with Crippen molar-refractivity contribution in [1.29, 1.82) is 0 Å². The van der Waals surface area contributed by atoms with Gasteiger partial charge in [-0.3, -0.25) is 9.59 Å². The summed E-state index contributed by atoms with van der Waals surface area (Å²) in [6.07, 6.45) is 7.74. The van der Waals surface area contributed by atoms with Crippen molar-refractivity contribution in [2.45, 2.75) is 78.2 Å². The van der Waals surface area contributed by atoms with Gasteiger partial charge in [-0.15, -0.1) is 0 Å². The topological polar surface area (TPSA) is 71.3 Å². The number of amides is 1. The van der Waals surface area contributed by atoms with Crippen LogP contribution in [0.5, 0.6) is 0 Å².